The van der Waals surface area contributed by atoms with Crippen molar-refractivity contribution in [2.24, 2.45) is 13.0 Å². The zero-order chi connectivity index (χ0) is 14.0. The first kappa shape index (κ1) is 13.6. The lowest BCUT2D eigenvalue weighted by Crippen LogP contribution is -2.35. The number of aromatic nitrogens is 2. The molecule has 1 atom stereocenters. The third kappa shape index (κ3) is 2.62. The molecule has 104 valence electrons. The second-order valence-electron chi connectivity index (χ2n) is 4.92. The maximum absolute atomic E-state index is 12.4. The van der Waals surface area contributed by atoms with Crippen molar-refractivity contribution in [2.75, 3.05) is 19.6 Å². The van der Waals surface area contributed by atoms with E-state index in [9.17, 15) is 9.59 Å². The molecule has 1 aliphatic heterocycles. The van der Waals surface area contributed by atoms with Crippen LogP contribution in [0.4, 0.5) is 0 Å². The van der Waals surface area contributed by atoms with E-state index in [0.717, 1.165) is 12.1 Å². The number of nitrogens with one attached hydrogen (secondary N) is 1. The predicted octanol–water partition coefficient (Wildman–Crippen LogP) is 0.327. The summed E-state index contributed by atoms with van der Waals surface area (Å²) >= 11 is 0. The van der Waals surface area contributed by atoms with Crippen LogP contribution in [0.5, 0.6) is 0 Å². The van der Waals surface area contributed by atoms with Crippen LogP contribution < -0.4 is 5.32 Å². The standard InChI is InChI=1S/C13H20N4O2/c1-4-14-12(18)10-5-6-17(7-10)13(19)11-9(2)15-8-16(11)3/h8,10H,4-7H2,1-3H3,(H,14,18). The van der Waals surface area contributed by atoms with E-state index in [-0.39, 0.29) is 17.7 Å². The summed E-state index contributed by atoms with van der Waals surface area (Å²) in [5.41, 5.74) is 1.34. The van der Waals surface area contributed by atoms with Gasteiger partial charge in [0.2, 0.25) is 5.91 Å². The number of imidazole rings is 1. The van der Waals surface area contributed by atoms with Gasteiger partial charge < -0.3 is 14.8 Å². The van der Waals surface area contributed by atoms with Gasteiger partial charge in [-0.15, -0.1) is 0 Å². The molecule has 2 rings (SSSR count). The van der Waals surface area contributed by atoms with Gasteiger partial charge in [-0.05, 0) is 20.3 Å². The number of amides is 2. The summed E-state index contributed by atoms with van der Waals surface area (Å²) in [5.74, 6) is -0.0822. The molecule has 0 radical (unpaired) electrons. The lowest BCUT2D eigenvalue weighted by atomic mass is 10.1. The lowest BCUT2D eigenvalue weighted by Gasteiger charge is -2.17. The highest BCUT2D eigenvalue weighted by atomic mass is 16.2. The molecule has 1 aliphatic rings. The van der Waals surface area contributed by atoms with Crippen molar-refractivity contribution in [2.45, 2.75) is 20.3 Å². The summed E-state index contributed by atoms with van der Waals surface area (Å²) in [6, 6.07) is 0. The molecule has 0 aromatic carbocycles. The summed E-state index contributed by atoms with van der Waals surface area (Å²) in [4.78, 5) is 30.0. The highest BCUT2D eigenvalue weighted by Crippen LogP contribution is 2.19. The van der Waals surface area contributed by atoms with Gasteiger partial charge in [0.1, 0.15) is 5.69 Å². The Kier molecular flexibility index (Phi) is 3.87. The molecule has 6 heteroatoms. The van der Waals surface area contributed by atoms with Gasteiger partial charge in [-0.25, -0.2) is 4.98 Å². The van der Waals surface area contributed by atoms with Gasteiger partial charge in [0.15, 0.2) is 0 Å². The normalized spacial score (nSPS) is 18.7. The van der Waals surface area contributed by atoms with Crippen molar-refractivity contribution in [3.63, 3.8) is 0 Å². The fraction of sp³-hybridized carbons (Fsp3) is 0.615. The first-order chi connectivity index (χ1) is 9.04. The molecule has 19 heavy (non-hydrogen) atoms. The second-order valence-corrected chi connectivity index (χ2v) is 4.92. The number of likely N-dealkylation sites (tertiary alicyclic amines) is 1. The summed E-state index contributed by atoms with van der Waals surface area (Å²) in [7, 11) is 1.81. The molecule has 0 saturated carbocycles. The topological polar surface area (TPSA) is 67.2 Å². The molecule has 1 aromatic rings. The number of aryl methyl sites for hydroxylation is 2. The smallest absolute Gasteiger partial charge is 0.272 e. The van der Waals surface area contributed by atoms with E-state index >= 15 is 0 Å². The van der Waals surface area contributed by atoms with Crippen LogP contribution in [0, 0.1) is 12.8 Å². The van der Waals surface area contributed by atoms with Crippen molar-refractivity contribution in [3.8, 4) is 0 Å². The molecule has 1 fully saturated rings. The van der Waals surface area contributed by atoms with E-state index < -0.39 is 0 Å². The third-order valence-corrected chi connectivity index (χ3v) is 3.52. The molecule has 0 bridgehead atoms. The molecule has 0 spiro atoms. The molecular weight excluding hydrogens is 244 g/mol. The Hall–Kier alpha value is -1.85. The SMILES string of the molecule is CCNC(=O)C1CCN(C(=O)c2c(C)ncn2C)C1. The van der Waals surface area contributed by atoms with Gasteiger partial charge in [0.05, 0.1) is 17.9 Å². The Morgan fingerprint density at radius 3 is 2.84 bits per heavy atom. The van der Waals surface area contributed by atoms with Crippen molar-refractivity contribution >= 4 is 11.8 Å². The van der Waals surface area contributed by atoms with Crippen LogP contribution in [-0.4, -0.2) is 45.9 Å². The molecular formula is C13H20N4O2. The quantitative estimate of drug-likeness (QED) is 0.855. The summed E-state index contributed by atoms with van der Waals surface area (Å²) < 4.78 is 1.73. The van der Waals surface area contributed by atoms with Gasteiger partial charge in [0, 0.05) is 26.7 Å². The van der Waals surface area contributed by atoms with Crippen molar-refractivity contribution < 1.29 is 9.59 Å². The highest BCUT2D eigenvalue weighted by molar-refractivity contribution is 5.94. The Morgan fingerprint density at radius 1 is 1.53 bits per heavy atom. The molecule has 0 aliphatic carbocycles. The Balaban J connectivity index is 2.05. The van der Waals surface area contributed by atoms with Crippen LogP contribution in [0.3, 0.4) is 0 Å². The third-order valence-electron chi connectivity index (χ3n) is 3.52. The first-order valence-electron chi connectivity index (χ1n) is 6.59. The van der Waals surface area contributed by atoms with Crippen molar-refractivity contribution in [1.82, 2.24) is 19.8 Å². The molecule has 2 heterocycles. The van der Waals surface area contributed by atoms with Crippen LogP contribution in [0.2, 0.25) is 0 Å². The number of rotatable bonds is 3. The second kappa shape index (κ2) is 5.42. The lowest BCUT2D eigenvalue weighted by molar-refractivity contribution is -0.124. The van der Waals surface area contributed by atoms with Crippen LogP contribution in [0.25, 0.3) is 0 Å². The van der Waals surface area contributed by atoms with E-state index in [1.807, 2.05) is 20.9 Å². The number of hydrogen-bond acceptors (Lipinski definition) is 3. The monoisotopic (exact) mass is 264 g/mol. The number of carbonyl (C=O) groups is 2. The highest BCUT2D eigenvalue weighted by Gasteiger charge is 2.32. The Bertz CT molecular complexity index is 475. The zero-order valence-corrected chi connectivity index (χ0v) is 11.6. The zero-order valence-electron chi connectivity index (χ0n) is 11.6. The number of nitrogens with zero attached hydrogens (tertiary/aromatic N) is 3. The average Bonchev–Trinajstić information content (AvgIpc) is 2.97. The Morgan fingerprint density at radius 2 is 2.26 bits per heavy atom. The van der Waals surface area contributed by atoms with Crippen LogP contribution in [-0.2, 0) is 11.8 Å². The van der Waals surface area contributed by atoms with Crippen LogP contribution in [0.15, 0.2) is 6.33 Å². The molecule has 1 N–H and O–H groups in total. The van der Waals surface area contributed by atoms with Gasteiger partial charge in [-0.1, -0.05) is 0 Å². The summed E-state index contributed by atoms with van der Waals surface area (Å²) in [6.45, 7) is 5.48. The number of carbonyl (C=O) groups excluding carboxylic acids is 2. The first-order valence-corrected chi connectivity index (χ1v) is 6.59. The molecule has 1 aromatic heterocycles. The minimum atomic E-state index is -0.0857. The van der Waals surface area contributed by atoms with Gasteiger partial charge in [0.25, 0.3) is 5.91 Å². The van der Waals surface area contributed by atoms with E-state index in [1.54, 1.807) is 15.8 Å². The minimum absolute atomic E-state index is 0.0377. The van der Waals surface area contributed by atoms with E-state index in [1.165, 1.54) is 0 Å². The molecule has 1 unspecified atom stereocenters. The minimum Gasteiger partial charge on any atom is -0.356 e. The van der Waals surface area contributed by atoms with Gasteiger partial charge >= 0.3 is 0 Å². The van der Waals surface area contributed by atoms with E-state index in [2.05, 4.69) is 10.3 Å². The van der Waals surface area contributed by atoms with Gasteiger partial charge in [-0.3, -0.25) is 9.59 Å². The van der Waals surface area contributed by atoms with Crippen LogP contribution >= 0.6 is 0 Å². The van der Waals surface area contributed by atoms with E-state index in [4.69, 9.17) is 0 Å². The molecule has 1 saturated heterocycles. The van der Waals surface area contributed by atoms with Crippen LogP contribution in [0.1, 0.15) is 29.5 Å². The van der Waals surface area contributed by atoms with Crippen molar-refractivity contribution in [3.05, 3.63) is 17.7 Å². The molecule has 6 nitrogen and oxygen atoms in total. The molecule has 2 amide bonds. The maximum Gasteiger partial charge on any atom is 0.272 e. The summed E-state index contributed by atoms with van der Waals surface area (Å²) in [6.07, 6.45) is 2.37. The Labute approximate surface area is 112 Å². The van der Waals surface area contributed by atoms with E-state index in [0.29, 0.717) is 25.3 Å². The maximum atomic E-state index is 12.4. The predicted molar refractivity (Wildman–Crippen MR) is 70.6 cm³/mol. The fourth-order valence-electron chi connectivity index (χ4n) is 2.48. The summed E-state index contributed by atoms with van der Waals surface area (Å²) in [5, 5.41) is 2.81. The van der Waals surface area contributed by atoms with Gasteiger partial charge in [-0.2, -0.15) is 0 Å². The fourth-order valence-corrected chi connectivity index (χ4v) is 2.48. The van der Waals surface area contributed by atoms with Crippen molar-refractivity contribution in [1.29, 1.82) is 0 Å². The average molecular weight is 264 g/mol. The number of hydrogen-bond donors (Lipinski definition) is 1. The largest absolute Gasteiger partial charge is 0.356 e.